The third-order valence-electron chi connectivity index (χ3n) is 5.43. The second kappa shape index (κ2) is 10.5. The maximum absolute atomic E-state index is 13.7. The van der Waals surface area contributed by atoms with Crippen LogP contribution in [-0.2, 0) is 10.0 Å². The molecule has 0 bridgehead atoms. The molecular weight excluding hydrogens is 404 g/mol. The predicted octanol–water partition coefficient (Wildman–Crippen LogP) is 6.66. The van der Waals surface area contributed by atoms with Crippen molar-refractivity contribution >= 4 is 26.6 Å². The summed E-state index contributed by atoms with van der Waals surface area (Å²) in [5, 5.41) is 1.01. The zero-order valence-electron chi connectivity index (χ0n) is 18.5. The van der Waals surface area contributed by atoms with E-state index < -0.39 is 10.0 Å². The van der Waals surface area contributed by atoms with Crippen molar-refractivity contribution < 1.29 is 8.42 Å². The molecule has 31 heavy (non-hydrogen) atoms. The summed E-state index contributed by atoms with van der Waals surface area (Å²) < 4.78 is 28.8. The van der Waals surface area contributed by atoms with E-state index >= 15 is 0 Å². The van der Waals surface area contributed by atoms with E-state index in [-0.39, 0.29) is 11.4 Å². The minimum Gasteiger partial charge on any atom is -0.360 e. The van der Waals surface area contributed by atoms with E-state index in [2.05, 4.69) is 24.6 Å². The quantitative estimate of drug-likeness (QED) is 0.270. The molecule has 0 saturated heterocycles. The fraction of sp³-hybridized carbons (Fsp3) is 0.308. The van der Waals surface area contributed by atoms with Crippen molar-refractivity contribution in [1.29, 1.82) is 0 Å². The molecule has 0 unspecified atom stereocenters. The number of sulfonamides is 1. The number of fused-ring (bicyclic) bond motifs is 1. The Hall–Kier alpha value is -2.79. The molecule has 1 N–H and O–H groups in total. The number of unbranched alkanes of at least 4 members (excludes halogenated alkanes) is 4. The molecule has 0 saturated carbocycles. The Labute approximate surface area is 186 Å². The highest BCUT2D eigenvalue weighted by Crippen LogP contribution is 2.32. The van der Waals surface area contributed by atoms with Gasteiger partial charge >= 0.3 is 0 Å². The first kappa shape index (κ1) is 22.9. The average Bonchev–Trinajstić information content (AvgIpc) is 3.19. The lowest BCUT2D eigenvalue weighted by Crippen LogP contribution is -2.30. The van der Waals surface area contributed by atoms with Gasteiger partial charge in [0, 0.05) is 22.7 Å². The Kier molecular flexibility index (Phi) is 7.75. The van der Waals surface area contributed by atoms with Gasteiger partial charge in [0.05, 0.1) is 17.1 Å². The van der Waals surface area contributed by atoms with E-state index in [1.165, 1.54) is 17.1 Å². The molecule has 0 fully saturated rings. The smallest absolute Gasteiger partial charge is 0.264 e. The number of allylic oxidation sites excluding steroid dienone is 1. The van der Waals surface area contributed by atoms with Crippen LogP contribution in [0.25, 0.3) is 16.6 Å². The van der Waals surface area contributed by atoms with Crippen LogP contribution in [0.3, 0.4) is 0 Å². The molecule has 3 rings (SSSR count). The molecule has 0 amide bonds. The fourth-order valence-corrected chi connectivity index (χ4v) is 5.19. The molecule has 0 aliphatic carbocycles. The second-order valence-electron chi connectivity index (χ2n) is 7.82. The number of H-pyrrole nitrogens is 1. The Morgan fingerprint density at radius 1 is 1.06 bits per heavy atom. The van der Waals surface area contributed by atoms with Crippen molar-refractivity contribution in [3.63, 3.8) is 0 Å². The first-order chi connectivity index (χ1) is 15.0. The monoisotopic (exact) mass is 436 g/mol. The van der Waals surface area contributed by atoms with Crippen LogP contribution in [0.4, 0.5) is 0 Å². The summed E-state index contributed by atoms with van der Waals surface area (Å²) >= 11 is 0. The van der Waals surface area contributed by atoms with Gasteiger partial charge in [-0.1, -0.05) is 74.2 Å². The number of benzene rings is 2. The molecule has 2 aromatic carbocycles. The van der Waals surface area contributed by atoms with E-state index in [1.54, 1.807) is 18.2 Å². The summed E-state index contributed by atoms with van der Waals surface area (Å²) in [5.41, 5.74) is 3.61. The standard InChI is InChI=1S/C26H32N2O2S/c1-4-6-7-8-9-14-26(24-20-27-25-13-11-10-12-23(24)25)28(19-5-2)31(29,30)22-17-15-21(3)16-18-22/h5,10-18,20,27H,2,4,6-9,19H2,1,3H3/b26-14-. The molecule has 5 heteroatoms. The summed E-state index contributed by atoms with van der Waals surface area (Å²) in [6, 6.07) is 15.0. The SMILES string of the molecule is C=CCN(/C(=C\CCCCCC)c1c[nH]c2ccccc12)S(=O)(=O)c1ccc(C)cc1. The molecule has 3 aromatic rings. The van der Waals surface area contributed by atoms with Crippen LogP contribution in [0.5, 0.6) is 0 Å². The summed E-state index contributed by atoms with van der Waals surface area (Å²) in [6.07, 6.45) is 11.0. The van der Waals surface area contributed by atoms with Crippen LogP contribution in [0.15, 0.2) is 78.4 Å². The summed E-state index contributed by atoms with van der Waals surface area (Å²) in [7, 11) is -3.74. The Bertz CT molecular complexity index is 1140. The molecule has 164 valence electrons. The molecule has 4 nitrogen and oxygen atoms in total. The Morgan fingerprint density at radius 3 is 2.52 bits per heavy atom. The zero-order valence-corrected chi connectivity index (χ0v) is 19.3. The van der Waals surface area contributed by atoms with E-state index in [9.17, 15) is 8.42 Å². The van der Waals surface area contributed by atoms with Gasteiger partial charge in [-0.15, -0.1) is 6.58 Å². The maximum atomic E-state index is 13.7. The third-order valence-corrected chi connectivity index (χ3v) is 7.23. The van der Waals surface area contributed by atoms with Gasteiger partial charge in [0.15, 0.2) is 0 Å². The normalized spacial score (nSPS) is 12.3. The first-order valence-corrected chi connectivity index (χ1v) is 12.4. The van der Waals surface area contributed by atoms with Crippen molar-refractivity contribution in [1.82, 2.24) is 9.29 Å². The highest BCUT2D eigenvalue weighted by molar-refractivity contribution is 7.89. The highest BCUT2D eigenvalue weighted by Gasteiger charge is 2.27. The van der Waals surface area contributed by atoms with E-state index in [4.69, 9.17) is 0 Å². The fourth-order valence-electron chi connectivity index (χ4n) is 3.72. The van der Waals surface area contributed by atoms with Crippen LogP contribution in [-0.4, -0.2) is 24.3 Å². The summed E-state index contributed by atoms with van der Waals surface area (Å²) in [5.74, 6) is 0. The lowest BCUT2D eigenvalue weighted by Gasteiger charge is -2.26. The van der Waals surface area contributed by atoms with E-state index in [1.807, 2.05) is 49.5 Å². The molecule has 0 atom stereocenters. The van der Waals surface area contributed by atoms with Crippen molar-refractivity contribution in [2.45, 2.75) is 50.8 Å². The molecule has 1 aromatic heterocycles. The van der Waals surface area contributed by atoms with Gasteiger partial charge in [-0.25, -0.2) is 8.42 Å². The number of hydrogen-bond acceptors (Lipinski definition) is 2. The number of aromatic amines is 1. The topological polar surface area (TPSA) is 53.2 Å². The van der Waals surface area contributed by atoms with Crippen LogP contribution >= 0.6 is 0 Å². The number of para-hydroxylation sites is 1. The van der Waals surface area contributed by atoms with Gasteiger partial charge < -0.3 is 4.98 Å². The predicted molar refractivity (Wildman–Crippen MR) is 130 cm³/mol. The van der Waals surface area contributed by atoms with Crippen LogP contribution in [0.2, 0.25) is 0 Å². The number of nitrogens with zero attached hydrogens (tertiary/aromatic N) is 1. The van der Waals surface area contributed by atoms with Gasteiger partial charge in [-0.3, -0.25) is 4.31 Å². The molecule has 1 heterocycles. The molecule has 0 aliphatic rings. The van der Waals surface area contributed by atoms with E-state index in [0.717, 1.165) is 41.3 Å². The van der Waals surface area contributed by atoms with Gasteiger partial charge in [0.2, 0.25) is 0 Å². The third kappa shape index (κ3) is 5.28. The second-order valence-corrected chi connectivity index (χ2v) is 9.69. The van der Waals surface area contributed by atoms with Crippen molar-refractivity contribution in [2.75, 3.05) is 6.54 Å². The summed E-state index contributed by atoms with van der Waals surface area (Å²) in [6.45, 7) is 8.17. The van der Waals surface area contributed by atoms with Crippen LogP contribution < -0.4 is 0 Å². The minimum absolute atomic E-state index is 0.205. The average molecular weight is 437 g/mol. The van der Waals surface area contributed by atoms with Gasteiger partial charge in [0.25, 0.3) is 10.0 Å². The molecule has 0 aliphatic heterocycles. The number of rotatable bonds is 11. The maximum Gasteiger partial charge on any atom is 0.264 e. The largest absolute Gasteiger partial charge is 0.360 e. The van der Waals surface area contributed by atoms with Crippen LogP contribution in [0, 0.1) is 6.92 Å². The number of nitrogens with one attached hydrogen (secondary N) is 1. The lowest BCUT2D eigenvalue weighted by molar-refractivity contribution is 0.531. The Balaban J connectivity index is 2.08. The van der Waals surface area contributed by atoms with Crippen molar-refractivity contribution in [3.8, 4) is 0 Å². The summed E-state index contributed by atoms with van der Waals surface area (Å²) in [4.78, 5) is 3.58. The number of aryl methyl sites for hydroxylation is 1. The number of aromatic nitrogens is 1. The molecule has 0 spiro atoms. The molecular formula is C26H32N2O2S. The number of hydrogen-bond donors (Lipinski definition) is 1. The van der Waals surface area contributed by atoms with E-state index in [0.29, 0.717) is 5.70 Å². The van der Waals surface area contributed by atoms with Gasteiger partial charge in [-0.2, -0.15) is 0 Å². The molecule has 0 radical (unpaired) electrons. The van der Waals surface area contributed by atoms with Gasteiger partial charge in [0.1, 0.15) is 0 Å². The van der Waals surface area contributed by atoms with Crippen molar-refractivity contribution in [3.05, 3.63) is 84.6 Å². The van der Waals surface area contributed by atoms with Gasteiger partial charge in [-0.05, 0) is 38.0 Å². The minimum atomic E-state index is -3.74. The highest BCUT2D eigenvalue weighted by atomic mass is 32.2. The zero-order chi connectivity index (χ0) is 22.3. The van der Waals surface area contributed by atoms with Crippen molar-refractivity contribution in [2.24, 2.45) is 0 Å². The van der Waals surface area contributed by atoms with Crippen LogP contribution in [0.1, 0.15) is 50.2 Å². The lowest BCUT2D eigenvalue weighted by atomic mass is 10.1. The Morgan fingerprint density at radius 2 is 1.81 bits per heavy atom. The first-order valence-electron chi connectivity index (χ1n) is 11.0.